The average Bonchev–Trinajstić information content (AvgIpc) is 3.22. The predicted molar refractivity (Wildman–Crippen MR) is 110 cm³/mol. The van der Waals surface area contributed by atoms with E-state index in [2.05, 4.69) is 27.8 Å². The molecule has 0 spiro atoms. The molecule has 9 heteroatoms. The molecule has 3 aromatic rings. The number of fused-ring (bicyclic) bond motifs is 1. The number of aliphatic hydroxyl groups excluding tert-OH is 1. The van der Waals surface area contributed by atoms with Gasteiger partial charge in [0.1, 0.15) is 12.4 Å². The number of thiophene rings is 1. The van der Waals surface area contributed by atoms with Gasteiger partial charge in [-0.3, -0.25) is 13.9 Å². The molecule has 146 valence electrons. The number of nitrogens with zero attached hydrogens (tertiary/aromatic N) is 4. The van der Waals surface area contributed by atoms with Gasteiger partial charge < -0.3 is 9.67 Å². The molecular formula is C18H23BrN4O3S. The topological polar surface area (TPSA) is 82.1 Å². The zero-order valence-electron chi connectivity index (χ0n) is 15.4. The van der Waals surface area contributed by atoms with Crippen molar-refractivity contribution < 1.29 is 5.11 Å². The van der Waals surface area contributed by atoms with Crippen molar-refractivity contribution in [1.82, 2.24) is 18.7 Å². The lowest BCUT2D eigenvalue weighted by Crippen LogP contribution is -2.40. The zero-order chi connectivity index (χ0) is 19.6. The highest BCUT2D eigenvalue weighted by Crippen LogP contribution is 2.22. The SMILES string of the molecule is CCCCn1c(=O)n(Cc2ccc(Br)s2)c(=O)c2c1nc(CO)n2CCC. The zero-order valence-corrected chi connectivity index (χ0v) is 17.8. The lowest BCUT2D eigenvalue weighted by atomic mass is 10.3. The van der Waals surface area contributed by atoms with Crippen molar-refractivity contribution in [3.63, 3.8) is 0 Å². The Labute approximate surface area is 169 Å². The molecule has 0 atom stereocenters. The largest absolute Gasteiger partial charge is 0.388 e. The van der Waals surface area contributed by atoms with E-state index in [-0.39, 0.29) is 24.4 Å². The molecule has 0 fully saturated rings. The maximum absolute atomic E-state index is 13.2. The standard InChI is InChI=1S/C18H23BrN4O3S/c1-3-5-9-22-16-15(21(8-4-2)14(11-24)20-16)17(25)23(18(22)26)10-12-6-7-13(19)27-12/h6-7,24H,3-5,8-11H2,1-2H3. The minimum Gasteiger partial charge on any atom is -0.388 e. The van der Waals surface area contributed by atoms with Crippen LogP contribution in [0.2, 0.25) is 0 Å². The molecule has 3 rings (SSSR count). The molecule has 0 bridgehead atoms. The van der Waals surface area contributed by atoms with Crippen molar-refractivity contribution in [3.8, 4) is 0 Å². The summed E-state index contributed by atoms with van der Waals surface area (Å²) in [6.45, 7) is 5.07. The van der Waals surface area contributed by atoms with Gasteiger partial charge in [0.25, 0.3) is 5.56 Å². The van der Waals surface area contributed by atoms with Crippen LogP contribution in [0.5, 0.6) is 0 Å². The Hall–Kier alpha value is -1.71. The molecule has 0 radical (unpaired) electrons. The fourth-order valence-corrected chi connectivity index (χ4v) is 4.64. The van der Waals surface area contributed by atoms with Gasteiger partial charge in [-0.1, -0.05) is 20.3 Å². The summed E-state index contributed by atoms with van der Waals surface area (Å²) >= 11 is 4.92. The Morgan fingerprint density at radius 2 is 1.89 bits per heavy atom. The number of hydrogen-bond donors (Lipinski definition) is 1. The first-order chi connectivity index (χ1) is 13.0. The molecule has 0 saturated heterocycles. The monoisotopic (exact) mass is 454 g/mol. The van der Waals surface area contributed by atoms with Gasteiger partial charge in [-0.2, -0.15) is 0 Å². The van der Waals surface area contributed by atoms with Crippen LogP contribution < -0.4 is 11.2 Å². The van der Waals surface area contributed by atoms with Crippen molar-refractivity contribution in [2.24, 2.45) is 0 Å². The van der Waals surface area contributed by atoms with Gasteiger partial charge in [-0.05, 0) is 40.9 Å². The summed E-state index contributed by atoms with van der Waals surface area (Å²) in [5.74, 6) is 0.421. The van der Waals surface area contributed by atoms with E-state index in [9.17, 15) is 14.7 Å². The molecule has 1 N–H and O–H groups in total. The van der Waals surface area contributed by atoms with E-state index in [0.717, 1.165) is 27.9 Å². The Balaban J connectivity index is 2.29. The highest BCUT2D eigenvalue weighted by Gasteiger charge is 2.21. The average molecular weight is 455 g/mol. The second-order valence-corrected chi connectivity index (χ2v) is 8.94. The smallest absolute Gasteiger partial charge is 0.333 e. The number of rotatable bonds is 8. The van der Waals surface area contributed by atoms with Crippen LogP contribution >= 0.6 is 27.3 Å². The molecule has 3 aromatic heterocycles. The molecule has 0 aliphatic heterocycles. The van der Waals surface area contributed by atoms with Crippen LogP contribution in [-0.4, -0.2) is 23.8 Å². The van der Waals surface area contributed by atoms with Gasteiger partial charge in [0, 0.05) is 18.0 Å². The summed E-state index contributed by atoms with van der Waals surface area (Å²) in [6.07, 6.45) is 2.53. The van der Waals surface area contributed by atoms with Crippen LogP contribution in [0.4, 0.5) is 0 Å². The van der Waals surface area contributed by atoms with E-state index in [0.29, 0.717) is 30.1 Å². The molecule has 0 saturated carbocycles. The van der Waals surface area contributed by atoms with Gasteiger partial charge in [0.05, 0.1) is 10.3 Å². The van der Waals surface area contributed by atoms with Crippen molar-refractivity contribution in [3.05, 3.63) is 47.5 Å². The Bertz CT molecular complexity index is 1060. The highest BCUT2D eigenvalue weighted by atomic mass is 79.9. The third-order valence-corrected chi connectivity index (χ3v) is 6.07. The third-order valence-electron chi connectivity index (χ3n) is 4.46. The molecule has 0 unspecified atom stereocenters. The van der Waals surface area contributed by atoms with Gasteiger partial charge in [0.15, 0.2) is 11.2 Å². The summed E-state index contributed by atoms with van der Waals surface area (Å²) in [6, 6.07) is 3.81. The van der Waals surface area contributed by atoms with Gasteiger partial charge >= 0.3 is 5.69 Å². The van der Waals surface area contributed by atoms with Crippen molar-refractivity contribution >= 4 is 38.4 Å². The van der Waals surface area contributed by atoms with Crippen LogP contribution in [0.1, 0.15) is 43.8 Å². The maximum Gasteiger partial charge on any atom is 0.333 e. The summed E-state index contributed by atoms with van der Waals surface area (Å²) in [5.41, 5.74) is 0.0656. The van der Waals surface area contributed by atoms with Gasteiger partial charge in [-0.15, -0.1) is 11.3 Å². The minimum atomic E-state index is -0.354. The normalized spacial score (nSPS) is 11.6. The number of aryl methyl sites for hydroxylation is 2. The van der Waals surface area contributed by atoms with Crippen LogP contribution in [0.3, 0.4) is 0 Å². The maximum atomic E-state index is 13.2. The van der Waals surface area contributed by atoms with E-state index < -0.39 is 0 Å². The van der Waals surface area contributed by atoms with E-state index in [4.69, 9.17) is 0 Å². The van der Waals surface area contributed by atoms with Gasteiger partial charge in [-0.25, -0.2) is 9.78 Å². The number of unbranched alkanes of at least 4 members (excludes halogenated alkanes) is 1. The van der Waals surface area contributed by atoms with Crippen molar-refractivity contribution in [1.29, 1.82) is 0 Å². The first-order valence-corrected chi connectivity index (χ1v) is 10.7. The second-order valence-electron chi connectivity index (χ2n) is 6.39. The molecule has 0 aliphatic carbocycles. The third kappa shape index (κ3) is 3.81. The number of aromatic nitrogens is 4. The first-order valence-electron chi connectivity index (χ1n) is 9.09. The summed E-state index contributed by atoms with van der Waals surface area (Å²) < 4.78 is 5.57. The van der Waals surface area contributed by atoms with Gasteiger partial charge in [0.2, 0.25) is 0 Å². The fourth-order valence-electron chi connectivity index (χ4n) is 3.17. The van der Waals surface area contributed by atoms with Crippen LogP contribution in [0.15, 0.2) is 25.5 Å². The quantitative estimate of drug-likeness (QED) is 0.567. The Morgan fingerprint density at radius 3 is 2.48 bits per heavy atom. The highest BCUT2D eigenvalue weighted by molar-refractivity contribution is 9.11. The molecule has 0 amide bonds. The second kappa shape index (κ2) is 8.53. The molecule has 3 heterocycles. The van der Waals surface area contributed by atoms with Crippen LogP contribution in [0.25, 0.3) is 11.2 Å². The van der Waals surface area contributed by atoms with Crippen molar-refractivity contribution in [2.75, 3.05) is 0 Å². The lowest BCUT2D eigenvalue weighted by Gasteiger charge is -2.12. The van der Waals surface area contributed by atoms with E-state index in [1.54, 1.807) is 9.13 Å². The fraction of sp³-hybridized carbons (Fsp3) is 0.500. The molecule has 27 heavy (non-hydrogen) atoms. The summed E-state index contributed by atoms with van der Waals surface area (Å²) in [5, 5.41) is 9.70. The Kier molecular flexibility index (Phi) is 6.33. The number of halogens is 1. The number of aliphatic hydroxyl groups is 1. The number of imidazole rings is 1. The molecule has 0 aromatic carbocycles. The molecule has 0 aliphatic rings. The minimum absolute atomic E-state index is 0.224. The Morgan fingerprint density at radius 1 is 1.11 bits per heavy atom. The number of hydrogen-bond acceptors (Lipinski definition) is 5. The first kappa shape index (κ1) is 20.0. The van der Waals surface area contributed by atoms with Crippen molar-refractivity contribution in [2.45, 2.75) is 59.4 Å². The van der Waals surface area contributed by atoms with Crippen LogP contribution in [0, 0.1) is 0 Å². The van der Waals surface area contributed by atoms with E-state index in [1.165, 1.54) is 15.9 Å². The summed E-state index contributed by atoms with van der Waals surface area (Å²) in [7, 11) is 0. The lowest BCUT2D eigenvalue weighted by molar-refractivity contribution is 0.265. The summed E-state index contributed by atoms with van der Waals surface area (Å²) in [4.78, 5) is 31.7. The molecule has 7 nitrogen and oxygen atoms in total. The molecular weight excluding hydrogens is 432 g/mol. The van der Waals surface area contributed by atoms with E-state index in [1.807, 2.05) is 19.1 Å². The van der Waals surface area contributed by atoms with E-state index >= 15 is 0 Å². The van der Waals surface area contributed by atoms with Crippen LogP contribution in [-0.2, 0) is 26.2 Å². The predicted octanol–water partition coefficient (Wildman–Crippen LogP) is 2.93.